The molecule has 1 fully saturated rings. The van der Waals surface area contributed by atoms with Crippen LogP contribution in [0.5, 0.6) is 5.88 Å². The number of ether oxygens (including phenoxy) is 1. The Labute approximate surface area is 139 Å². The van der Waals surface area contributed by atoms with Crippen molar-refractivity contribution in [2.45, 2.75) is 44.6 Å². The molecule has 0 saturated heterocycles. The first kappa shape index (κ1) is 19.3. The van der Waals surface area contributed by atoms with E-state index in [0.717, 1.165) is 0 Å². The molecule has 0 spiro atoms. The molecule has 1 aromatic heterocycles. The highest BCUT2D eigenvalue weighted by Crippen LogP contribution is 2.60. The van der Waals surface area contributed by atoms with Gasteiger partial charge in [0, 0.05) is 25.2 Å². The minimum absolute atomic E-state index is 0.0358. The second-order valence-electron chi connectivity index (χ2n) is 5.96. The number of aromatic nitrogens is 1. The summed E-state index contributed by atoms with van der Waals surface area (Å²) in [7, 11) is 0. The first-order valence-corrected chi connectivity index (χ1v) is 7.49. The van der Waals surface area contributed by atoms with Gasteiger partial charge in [0.05, 0.1) is 5.41 Å². The molecule has 0 bridgehead atoms. The first-order valence-electron chi connectivity index (χ1n) is 7.49. The smallest absolute Gasteiger partial charge is 0.422 e. The van der Waals surface area contributed by atoms with Gasteiger partial charge in [0.25, 0.3) is 0 Å². The van der Waals surface area contributed by atoms with Crippen LogP contribution in [-0.2, 0) is 11.3 Å². The molecule has 10 heteroatoms. The van der Waals surface area contributed by atoms with Crippen molar-refractivity contribution < 1.29 is 35.9 Å². The molecule has 1 saturated carbocycles. The Morgan fingerprint density at radius 1 is 1.24 bits per heavy atom. The van der Waals surface area contributed by atoms with Gasteiger partial charge in [-0.25, -0.2) is 4.98 Å². The molecule has 2 rings (SSSR count). The predicted octanol–water partition coefficient (Wildman–Crippen LogP) is 3.76. The molecule has 1 aliphatic carbocycles. The Kier molecular flexibility index (Phi) is 5.48. The number of nitrogens with one attached hydrogen (secondary N) is 1. The quantitative estimate of drug-likeness (QED) is 0.744. The van der Waals surface area contributed by atoms with Crippen LogP contribution in [0.25, 0.3) is 0 Å². The third-order valence-electron chi connectivity index (χ3n) is 3.96. The van der Waals surface area contributed by atoms with Gasteiger partial charge in [-0.15, -0.1) is 0 Å². The molecular weight excluding hydrogens is 354 g/mol. The lowest BCUT2D eigenvalue weighted by atomic mass is 9.99. The summed E-state index contributed by atoms with van der Waals surface area (Å²) in [6.07, 6.45) is -8.04. The fourth-order valence-electron chi connectivity index (χ4n) is 2.26. The summed E-state index contributed by atoms with van der Waals surface area (Å²) < 4.78 is 79.0. The van der Waals surface area contributed by atoms with Crippen LogP contribution in [-0.4, -0.2) is 29.9 Å². The Balaban J connectivity index is 1.78. The summed E-state index contributed by atoms with van der Waals surface area (Å²) in [5.41, 5.74) is -1.31. The first-order chi connectivity index (χ1) is 11.5. The van der Waals surface area contributed by atoms with Gasteiger partial charge in [0.15, 0.2) is 6.61 Å². The number of amides is 1. The molecule has 0 aromatic carbocycles. The van der Waals surface area contributed by atoms with E-state index in [4.69, 9.17) is 0 Å². The molecule has 1 N–H and O–H groups in total. The van der Waals surface area contributed by atoms with Crippen molar-refractivity contribution in [3.05, 3.63) is 23.9 Å². The van der Waals surface area contributed by atoms with Crippen molar-refractivity contribution >= 4 is 5.91 Å². The number of pyridine rings is 1. The largest absolute Gasteiger partial charge is 0.468 e. The molecule has 0 atom stereocenters. The summed E-state index contributed by atoms with van der Waals surface area (Å²) >= 11 is 0. The fourth-order valence-corrected chi connectivity index (χ4v) is 2.26. The van der Waals surface area contributed by atoms with E-state index in [9.17, 15) is 31.1 Å². The lowest BCUT2D eigenvalue weighted by Gasteiger charge is -2.18. The van der Waals surface area contributed by atoms with Crippen LogP contribution >= 0.6 is 0 Å². The lowest BCUT2D eigenvalue weighted by molar-refractivity contribution is -0.189. The van der Waals surface area contributed by atoms with E-state index in [1.807, 2.05) is 0 Å². The molecule has 0 aliphatic heterocycles. The van der Waals surface area contributed by atoms with Gasteiger partial charge in [-0.2, -0.15) is 26.3 Å². The second-order valence-corrected chi connectivity index (χ2v) is 5.96. The predicted molar refractivity (Wildman–Crippen MR) is 74.6 cm³/mol. The number of hydrogen-bond donors (Lipinski definition) is 1. The van der Waals surface area contributed by atoms with E-state index in [1.165, 1.54) is 18.3 Å². The van der Waals surface area contributed by atoms with Gasteiger partial charge in [0.1, 0.15) is 0 Å². The van der Waals surface area contributed by atoms with E-state index in [0.29, 0.717) is 5.56 Å². The van der Waals surface area contributed by atoms with Crippen LogP contribution in [0.2, 0.25) is 0 Å². The molecule has 4 nitrogen and oxygen atoms in total. The zero-order chi connectivity index (χ0) is 18.7. The standard InChI is InChI=1S/C15H16F6N2O2/c16-14(17,18)9-25-12-7-10(2-6-22-12)8-23-11(24)1-3-13(4-5-13)15(19,20)21/h2,6-7H,1,3-5,8-9H2,(H,23,24). The molecule has 1 heterocycles. The van der Waals surface area contributed by atoms with Crippen LogP contribution in [0.3, 0.4) is 0 Å². The maximum Gasteiger partial charge on any atom is 0.422 e. The van der Waals surface area contributed by atoms with Gasteiger partial charge in [0.2, 0.25) is 11.8 Å². The SMILES string of the molecule is O=C(CCC1(C(F)(F)F)CC1)NCc1ccnc(OCC(F)(F)F)c1. The van der Waals surface area contributed by atoms with Crippen molar-refractivity contribution in [1.29, 1.82) is 0 Å². The zero-order valence-electron chi connectivity index (χ0n) is 13.0. The summed E-state index contributed by atoms with van der Waals surface area (Å²) in [5, 5.41) is 2.44. The highest BCUT2D eigenvalue weighted by molar-refractivity contribution is 5.76. The normalized spacial score (nSPS) is 16.4. The van der Waals surface area contributed by atoms with Crippen LogP contribution in [0.4, 0.5) is 26.3 Å². The topological polar surface area (TPSA) is 51.2 Å². The summed E-state index contributed by atoms with van der Waals surface area (Å²) in [6.45, 7) is -1.53. The second kappa shape index (κ2) is 7.09. The maximum atomic E-state index is 12.8. The summed E-state index contributed by atoms with van der Waals surface area (Å²) in [6, 6.07) is 2.68. The van der Waals surface area contributed by atoms with Crippen LogP contribution in [0.1, 0.15) is 31.2 Å². The van der Waals surface area contributed by atoms with Gasteiger partial charge in [-0.05, 0) is 30.9 Å². The zero-order valence-corrected chi connectivity index (χ0v) is 13.0. The third kappa shape index (κ3) is 5.79. The number of halogens is 6. The van der Waals surface area contributed by atoms with Crippen LogP contribution in [0.15, 0.2) is 18.3 Å². The molecule has 25 heavy (non-hydrogen) atoms. The van der Waals surface area contributed by atoms with Crippen molar-refractivity contribution in [3.63, 3.8) is 0 Å². The van der Waals surface area contributed by atoms with E-state index in [-0.39, 0.29) is 38.1 Å². The maximum absolute atomic E-state index is 12.8. The van der Waals surface area contributed by atoms with Crippen molar-refractivity contribution in [1.82, 2.24) is 10.3 Å². The van der Waals surface area contributed by atoms with Crippen LogP contribution < -0.4 is 10.1 Å². The summed E-state index contributed by atoms with van der Waals surface area (Å²) in [5.74, 6) is -0.803. The molecule has 0 radical (unpaired) electrons. The number of carbonyl (C=O) groups is 1. The van der Waals surface area contributed by atoms with Gasteiger partial charge in [-0.1, -0.05) is 0 Å². The van der Waals surface area contributed by atoms with E-state index < -0.39 is 30.3 Å². The van der Waals surface area contributed by atoms with E-state index >= 15 is 0 Å². The van der Waals surface area contributed by atoms with E-state index in [1.54, 1.807) is 0 Å². The molecule has 1 amide bonds. The van der Waals surface area contributed by atoms with Crippen molar-refractivity contribution in [3.8, 4) is 5.88 Å². The minimum Gasteiger partial charge on any atom is -0.468 e. The van der Waals surface area contributed by atoms with Gasteiger partial charge in [-0.3, -0.25) is 4.79 Å². The Morgan fingerprint density at radius 2 is 1.92 bits per heavy atom. The Bertz CT molecular complexity index is 611. The molecule has 0 unspecified atom stereocenters. The molecule has 1 aromatic rings. The lowest BCUT2D eigenvalue weighted by Crippen LogP contribution is -2.28. The van der Waals surface area contributed by atoms with Gasteiger partial charge >= 0.3 is 12.4 Å². The number of rotatable bonds is 7. The average Bonchev–Trinajstić information content (AvgIpc) is 3.30. The number of carbonyl (C=O) groups excluding carboxylic acids is 1. The van der Waals surface area contributed by atoms with Crippen molar-refractivity contribution in [2.24, 2.45) is 5.41 Å². The minimum atomic E-state index is -4.50. The van der Waals surface area contributed by atoms with Gasteiger partial charge < -0.3 is 10.1 Å². The van der Waals surface area contributed by atoms with E-state index in [2.05, 4.69) is 15.0 Å². The summed E-state index contributed by atoms with van der Waals surface area (Å²) in [4.78, 5) is 15.3. The fraction of sp³-hybridized carbons (Fsp3) is 0.600. The highest BCUT2D eigenvalue weighted by atomic mass is 19.4. The number of hydrogen-bond acceptors (Lipinski definition) is 3. The monoisotopic (exact) mass is 370 g/mol. The molecular formula is C15H16F6N2O2. The molecule has 1 aliphatic rings. The average molecular weight is 370 g/mol. The third-order valence-corrected chi connectivity index (χ3v) is 3.96. The van der Waals surface area contributed by atoms with Crippen LogP contribution in [0, 0.1) is 5.41 Å². The number of alkyl halides is 6. The number of nitrogens with zero attached hydrogens (tertiary/aromatic N) is 1. The Hall–Kier alpha value is -2.00. The highest BCUT2D eigenvalue weighted by Gasteiger charge is 2.62. The Morgan fingerprint density at radius 3 is 2.48 bits per heavy atom. The molecule has 140 valence electrons. The van der Waals surface area contributed by atoms with Crippen molar-refractivity contribution in [2.75, 3.05) is 6.61 Å².